The first kappa shape index (κ1) is 10.9. The van der Waals surface area contributed by atoms with E-state index in [9.17, 15) is 0 Å². The van der Waals surface area contributed by atoms with Crippen LogP contribution >= 0.6 is 11.8 Å². The molecule has 1 aromatic carbocycles. The molecule has 0 saturated heterocycles. The van der Waals surface area contributed by atoms with Gasteiger partial charge in [-0.3, -0.25) is 0 Å². The van der Waals surface area contributed by atoms with Gasteiger partial charge in [-0.1, -0.05) is 11.2 Å². The van der Waals surface area contributed by atoms with Crippen molar-refractivity contribution in [1.29, 1.82) is 0 Å². The number of benzene rings is 1. The highest BCUT2D eigenvalue weighted by atomic mass is 32.2. The van der Waals surface area contributed by atoms with Crippen molar-refractivity contribution < 1.29 is 9.26 Å². The number of hydrogen-bond acceptors (Lipinski definition) is 5. The van der Waals surface area contributed by atoms with Gasteiger partial charge in [-0.15, -0.1) is 11.8 Å². The quantitative estimate of drug-likeness (QED) is 0.830. The van der Waals surface area contributed by atoms with E-state index in [1.165, 1.54) is 0 Å². The van der Waals surface area contributed by atoms with Crippen LogP contribution in [0.4, 0.5) is 5.88 Å². The van der Waals surface area contributed by atoms with Gasteiger partial charge in [-0.25, -0.2) is 0 Å². The Hall–Kier alpha value is -1.62. The van der Waals surface area contributed by atoms with E-state index < -0.39 is 0 Å². The maximum atomic E-state index is 5.73. The zero-order valence-corrected chi connectivity index (χ0v) is 9.88. The van der Waals surface area contributed by atoms with Crippen LogP contribution in [0.1, 0.15) is 0 Å². The van der Waals surface area contributed by atoms with Crippen molar-refractivity contribution in [3.05, 3.63) is 24.4 Å². The Labute approximate surface area is 97.8 Å². The van der Waals surface area contributed by atoms with Gasteiger partial charge in [-0.2, -0.15) is 0 Å². The summed E-state index contributed by atoms with van der Waals surface area (Å²) in [4.78, 5) is 1.08. The molecule has 5 heteroatoms. The minimum Gasteiger partial charge on any atom is -0.496 e. The van der Waals surface area contributed by atoms with Crippen LogP contribution in [-0.2, 0) is 0 Å². The van der Waals surface area contributed by atoms with E-state index in [4.69, 9.17) is 15.0 Å². The van der Waals surface area contributed by atoms with Crippen molar-refractivity contribution in [3.63, 3.8) is 0 Å². The fourth-order valence-corrected chi connectivity index (χ4v) is 2.18. The summed E-state index contributed by atoms with van der Waals surface area (Å²) in [7, 11) is 1.63. The summed E-state index contributed by atoms with van der Waals surface area (Å²) in [6.07, 6.45) is 3.61. The number of thioether (sulfide) groups is 1. The van der Waals surface area contributed by atoms with Gasteiger partial charge in [0, 0.05) is 10.5 Å². The Bertz CT molecular complexity index is 474. The molecule has 2 aromatic rings. The molecule has 2 N–H and O–H groups in total. The van der Waals surface area contributed by atoms with E-state index in [0.717, 1.165) is 21.8 Å². The second-order valence-electron chi connectivity index (χ2n) is 3.14. The maximum Gasteiger partial charge on any atom is 0.230 e. The summed E-state index contributed by atoms with van der Waals surface area (Å²) >= 11 is 1.63. The molecule has 0 amide bonds. The van der Waals surface area contributed by atoms with Gasteiger partial charge < -0.3 is 15.0 Å². The predicted octanol–water partition coefficient (Wildman–Crippen LogP) is 2.65. The van der Waals surface area contributed by atoms with Crippen molar-refractivity contribution in [2.45, 2.75) is 4.90 Å². The van der Waals surface area contributed by atoms with Crippen molar-refractivity contribution in [2.24, 2.45) is 0 Å². The van der Waals surface area contributed by atoms with E-state index in [0.29, 0.717) is 5.88 Å². The molecule has 0 bridgehead atoms. The predicted molar refractivity (Wildman–Crippen MR) is 64.7 cm³/mol. The molecular formula is C11H12N2O2S. The first-order valence-corrected chi connectivity index (χ1v) is 5.92. The maximum absolute atomic E-state index is 5.73. The topological polar surface area (TPSA) is 61.3 Å². The molecule has 0 fully saturated rings. The number of anilines is 1. The summed E-state index contributed by atoms with van der Waals surface area (Å²) in [5, 5.41) is 3.68. The summed E-state index contributed by atoms with van der Waals surface area (Å²) in [5.74, 6) is 1.07. The lowest BCUT2D eigenvalue weighted by molar-refractivity contribution is 0.415. The Morgan fingerprint density at radius 2 is 2.25 bits per heavy atom. The number of nitrogen functional groups attached to an aromatic ring is 1. The molecule has 84 valence electrons. The lowest BCUT2D eigenvalue weighted by Gasteiger charge is -2.10. The van der Waals surface area contributed by atoms with Gasteiger partial charge in [0.25, 0.3) is 0 Å². The first-order valence-electron chi connectivity index (χ1n) is 4.69. The van der Waals surface area contributed by atoms with Crippen LogP contribution in [0.5, 0.6) is 5.75 Å². The second-order valence-corrected chi connectivity index (χ2v) is 3.99. The lowest BCUT2D eigenvalue weighted by atomic mass is 10.1. The molecule has 2 rings (SSSR count). The molecule has 0 saturated carbocycles. The number of aromatic nitrogens is 1. The normalized spacial score (nSPS) is 10.4. The Kier molecular flexibility index (Phi) is 3.05. The molecule has 0 aliphatic heterocycles. The Morgan fingerprint density at radius 3 is 2.81 bits per heavy atom. The second kappa shape index (κ2) is 4.49. The zero-order chi connectivity index (χ0) is 11.5. The molecule has 0 aliphatic rings. The third-order valence-corrected chi connectivity index (χ3v) is 3.08. The molecule has 1 aromatic heterocycles. The highest BCUT2D eigenvalue weighted by molar-refractivity contribution is 7.98. The molecule has 4 nitrogen and oxygen atoms in total. The molecule has 16 heavy (non-hydrogen) atoms. The minimum absolute atomic E-state index is 0.305. The molecular weight excluding hydrogens is 224 g/mol. The smallest absolute Gasteiger partial charge is 0.230 e. The molecule has 1 heterocycles. The molecule has 0 spiro atoms. The first-order chi connectivity index (χ1) is 7.77. The van der Waals surface area contributed by atoms with Crippen LogP contribution in [0.2, 0.25) is 0 Å². The largest absolute Gasteiger partial charge is 0.496 e. The highest BCUT2D eigenvalue weighted by Gasteiger charge is 2.16. The van der Waals surface area contributed by atoms with Crippen molar-refractivity contribution in [1.82, 2.24) is 5.16 Å². The monoisotopic (exact) mass is 236 g/mol. The van der Waals surface area contributed by atoms with Crippen molar-refractivity contribution >= 4 is 17.6 Å². The van der Waals surface area contributed by atoms with Crippen molar-refractivity contribution in [2.75, 3.05) is 19.1 Å². The third-order valence-electron chi connectivity index (χ3n) is 2.30. The lowest BCUT2D eigenvalue weighted by Crippen LogP contribution is -1.92. The number of nitrogens with zero attached hydrogens (tertiary/aromatic N) is 1. The molecule has 0 aliphatic carbocycles. The van der Waals surface area contributed by atoms with Crippen LogP contribution in [0.25, 0.3) is 11.1 Å². The van der Waals surface area contributed by atoms with Crippen molar-refractivity contribution in [3.8, 4) is 16.9 Å². The number of rotatable bonds is 3. The van der Waals surface area contributed by atoms with Crippen LogP contribution in [0.3, 0.4) is 0 Å². The number of hydrogen-bond donors (Lipinski definition) is 1. The SMILES string of the molecule is COc1cccc(SC)c1-c1cnoc1N. The average molecular weight is 236 g/mol. The van der Waals surface area contributed by atoms with Gasteiger partial charge in [-0.05, 0) is 18.4 Å². The average Bonchev–Trinajstić information content (AvgIpc) is 2.74. The van der Waals surface area contributed by atoms with Crippen LogP contribution < -0.4 is 10.5 Å². The molecule has 0 radical (unpaired) electrons. The van der Waals surface area contributed by atoms with Gasteiger partial charge in [0.05, 0.1) is 18.9 Å². The molecule has 0 atom stereocenters. The summed E-state index contributed by atoms with van der Waals surface area (Å²) in [6, 6.07) is 5.84. The van der Waals surface area contributed by atoms with E-state index in [2.05, 4.69) is 5.16 Å². The van der Waals surface area contributed by atoms with Gasteiger partial charge in [0.15, 0.2) is 0 Å². The fraction of sp³-hybridized carbons (Fsp3) is 0.182. The Balaban J connectivity index is 2.66. The molecule has 0 unspecified atom stereocenters. The van der Waals surface area contributed by atoms with Gasteiger partial charge >= 0.3 is 0 Å². The van der Waals surface area contributed by atoms with Gasteiger partial charge in [0.2, 0.25) is 5.88 Å². The van der Waals surface area contributed by atoms with Crippen LogP contribution in [0.15, 0.2) is 33.8 Å². The summed E-state index contributed by atoms with van der Waals surface area (Å²) in [6.45, 7) is 0. The Morgan fingerprint density at radius 1 is 1.44 bits per heavy atom. The zero-order valence-electron chi connectivity index (χ0n) is 9.06. The highest BCUT2D eigenvalue weighted by Crippen LogP contribution is 2.40. The van der Waals surface area contributed by atoms with Crippen LogP contribution in [0, 0.1) is 0 Å². The number of nitrogens with two attached hydrogens (primary N) is 1. The van der Waals surface area contributed by atoms with E-state index in [1.807, 2.05) is 24.5 Å². The van der Waals surface area contributed by atoms with E-state index in [-0.39, 0.29) is 0 Å². The van der Waals surface area contributed by atoms with E-state index >= 15 is 0 Å². The van der Waals surface area contributed by atoms with E-state index in [1.54, 1.807) is 25.1 Å². The van der Waals surface area contributed by atoms with Gasteiger partial charge in [0.1, 0.15) is 5.75 Å². The number of ether oxygens (including phenoxy) is 1. The van der Waals surface area contributed by atoms with Crippen LogP contribution in [-0.4, -0.2) is 18.5 Å². The summed E-state index contributed by atoms with van der Waals surface area (Å²) < 4.78 is 10.2. The fourth-order valence-electron chi connectivity index (χ4n) is 1.55. The number of methoxy groups -OCH3 is 1. The minimum atomic E-state index is 0.305. The standard InChI is InChI=1S/C11H12N2O2S/c1-14-8-4-3-5-9(16-2)10(8)7-6-13-15-11(7)12/h3-6H,12H2,1-2H3. The third kappa shape index (κ3) is 1.74. The summed E-state index contributed by atoms with van der Waals surface area (Å²) in [5.41, 5.74) is 7.42.